The highest BCUT2D eigenvalue weighted by Gasteiger charge is 2.31. The number of unbranched alkanes of at least 4 members (excludes halogenated alkanes) is 4. The molecule has 3 nitrogen and oxygen atoms in total. The molecule has 1 fully saturated rings. The summed E-state index contributed by atoms with van der Waals surface area (Å²) in [5, 5.41) is -0.141. The highest BCUT2D eigenvalue weighted by atomic mass is 32.2. The van der Waals surface area contributed by atoms with Gasteiger partial charge in [0.25, 0.3) is 0 Å². The van der Waals surface area contributed by atoms with Crippen molar-refractivity contribution in [2.75, 3.05) is 6.26 Å². The number of hydrogen-bond donors (Lipinski definition) is 1. The smallest absolute Gasteiger partial charge is 0.150 e. The summed E-state index contributed by atoms with van der Waals surface area (Å²) in [6.07, 6.45) is 12.5. The third kappa shape index (κ3) is 6.26. The van der Waals surface area contributed by atoms with Crippen molar-refractivity contribution in [1.82, 2.24) is 0 Å². The molecule has 0 saturated heterocycles. The van der Waals surface area contributed by atoms with Gasteiger partial charge in [0, 0.05) is 12.3 Å². The summed E-state index contributed by atoms with van der Waals surface area (Å²) >= 11 is 0. The van der Waals surface area contributed by atoms with E-state index in [1.54, 1.807) is 0 Å². The molecule has 0 aliphatic heterocycles. The van der Waals surface area contributed by atoms with Gasteiger partial charge in [0.05, 0.1) is 5.25 Å². The lowest BCUT2D eigenvalue weighted by atomic mass is 9.82. The third-order valence-corrected chi connectivity index (χ3v) is 6.16. The predicted molar refractivity (Wildman–Crippen MR) is 81.9 cm³/mol. The molecule has 1 rings (SSSR count). The quantitative estimate of drug-likeness (QED) is 0.698. The average Bonchev–Trinajstić information content (AvgIpc) is 2.37. The fraction of sp³-hybridized carbons (Fsp3) is 1.00. The van der Waals surface area contributed by atoms with Crippen LogP contribution in [-0.4, -0.2) is 26.0 Å². The van der Waals surface area contributed by atoms with Crippen molar-refractivity contribution in [3.05, 3.63) is 0 Å². The van der Waals surface area contributed by atoms with Crippen LogP contribution in [0, 0.1) is 5.92 Å². The SMILES string of the molecule is CCCCCCCC(N)C1CCCC(S(C)(=O)=O)C1. The summed E-state index contributed by atoms with van der Waals surface area (Å²) < 4.78 is 23.3. The fourth-order valence-electron chi connectivity index (χ4n) is 3.18. The van der Waals surface area contributed by atoms with Gasteiger partial charge in [-0.3, -0.25) is 0 Å². The first kappa shape index (κ1) is 17.0. The number of rotatable bonds is 8. The van der Waals surface area contributed by atoms with E-state index in [1.165, 1.54) is 38.4 Å². The van der Waals surface area contributed by atoms with Gasteiger partial charge < -0.3 is 5.73 Å². The van der Waals surface area contributed by atoms with Crippen LogP contribution in [0.3, 0.4) is 0 Å². The lowest BCUT2D eigenvalue weighted by molar-refractivity contribution is 0.291. The monoisotopic (exact) mass is 289 g/mol. The zero-order chi connectivity index (χ0) is 14.3. The maximum atomic E-state index is 11.6. The van der Waals surface area contributed by atoms with Crippen LogP contribution in [0.15, 0.2) is 0 Å². The Kier molecular flexibility index (Phi) is 7.37. The molecule has 2 N–H and O–H groups in total. The second kappa shape index (κ2) is 8.25. The lowest BCUT2D eigenvalue weighted by Crippen LogP contribution is -2.37. The molecule has 0 aromatic heterocycles. The minimum Gasteiger partial charge on any atom is -0.327 e. The Morgan fingerprint density at radius 1 is 1.16 bits per heavy atom. The van der Waals surface area contributed by atoms with Gasteiger partial charge in [-0.1, -0.05) is 45.4 Å². The first-order valence-corrected chi connectivity index (χ1v) is 9.85. The van der Waals surface area contributed by atoms with E-state index in [0.29, 0.717) is 5.92 Å². The molecular formula is C15H31NO2S. The van der Waals surface area contributed by atoms with E-state index < -0.39 is 9.84 Å². The van der Waals surface area contributed by atoms with Crippen LogP contribution in [-0.2, 0) is 9.84 Å². The third-order valence-electron chi connectivity index (χ3n) is 4.52. The predicted octanol–water partition coefficient (Wildman–Crippen LogP) is 3.28. The van der Waals surface area contributed by atoms with Crippen LogP contribution in [0.4, 0.5) is 0 Å². The minimum atomic E-state index is -2.88. The minimum absolute atomic E-state index is 0.141. The molecule has 0 bridgehead atoms. The number of sulfone groups is 1. The van der Waals surface area contributed by atoms with Crippen LogP contribution in [0.25, 0.3) is 0 Å². The van der Waals surface area contributed by atoms with Gasteiger partial charge >= 0.3 is 0 Å². The van der Waals surface area contributed by atoms with Crippen LogP contribution >= 0.6 is 0 Å². The zero-order valence-corrected chi connectivity index (χ0v) is 13.4. The summed E-state index contributed by atoms with van der Waals surface area (Å²) in [4.78, 5) is 0. The van der Waals surface area contributed by atoms with Crippen molar-refractivity contribution in [2.24, 2.45) is 11.7 Å². The second-order valence-electron chi connectivity index (χ2n) is 6.24. The fourth-order valence-corrected chi connectivity index (χ4v) is 4.37. The second-order valence-corrected chi connectivity index (χ2v) is 8.57. The molecule has 1 aliphatic carbocycles. The van der Waals surface area contributed by atoms with E-state index in [2.05, 4.69) is 6.92 Å². The molecule has 3 atom stereocenters. The van der Waals surface area contributed by atoms with E-state index in [1.807, 2.05) is 0 Å². The molecule has 0 aromatic rings. The Bertz CT molecular complexity index is 340. The van der Waals surface area contributed by atoms with E-state index in [0.717, 1.165) is 32.1 Å². The molecule has 114 valence electrons. The van der Waals surface area contributed by atoms with Crippen LogP contribution < -0.4 is 5.73 Å². The van der Waals surface area contributed by atoms with Crippen LogP contribution in [0.2, 0.25) is 0 Å². The van der Waals surface area contributed by atoms with E-state index in [9.17, 15) is 8.42 Å². The van der Waals surface area contributed by atoms with Crippen molar-refractivity contribution in [3.63, 3.8) is 0 Å². The molecule has 0 spiro atoms. The van der Waals surface area contributed by atoms with Gasteiger partial charge in [0.2, 0.25) is 0 Å². The molecule has 0 amide bonds. The van der Waals surface area contributed by atoms with Crippen molar-refractivity contribution in [2.45, 2.75) is 82.4 Å². The van der Waals surface area contributed by atoms with E-state index in [-0.39, 0.29) is 11.3 Å². The summed E-state index contributed by atoms with van der Waals surface area (Å²) in [5.41, 5.74) is 6.27. The first-order chi connectivity index (χ1) is 8.95. The topological polar surface area (TPSA) is 60.2 Å². The Morgan fingerprint density at radius 3 is 2.47 bits per heavy atom. The average molecular weight is 289 g/mol. The van der Waals surface area contributed by atoms with Gasteiger partial charge in [-0.15, -0.1) is 0 Å². The van der Waals surface area contributed by atoms with Crippen molar-refractivity contribution in [3.8, 4) is 0 Å². The standard InChI is InChI=1S/C15H31NO2S/c1-3-4-5-6-7-11-15(16)13-9-8-10-14(12-13)19(2,17)18/h13-15H,3-12,16H2,1-2H3. The number of nitrogens with two attached hydrogens (primary N) is 1. The largest absolute Gasteiger partial charge is 0.327 e. The van der Waals surface area contributed by atoms with Crippen LogP contribution in [0.5, 0.6) is 0 Å². The Labute approximate surface area is 119 Å². The zero-order valence-electron chi connectivity index (χ0n) is 12.6. The molecule has 0 aromatic carbocycles. The molecule has 1 saturated carbocycles. The summed E-state index contributed by atoms with van der Waals surface area (Å²) in [7, 11) is -2.88. The highest BCUT2D eigenvalue weighted by molar-refractivity contribution is 7.91. The summed E-state index contributed by atoms with van der Waals surface area (Å²) in [6, 6.07) is 0.200. The maximum absolute atomic E-state index is 11.6. The Morgan fingerprint density at radius 2 is 1.84 bits per heavy atom. The summed E-state index contributed by atoms with van der Waals surface area (Å²) in [6.45, 7) is 2.22. The van der Waals surface area contributed by atoms with Crippen molar-refractivity contribution >= 4 is 9.84 Å². The Hall–Kier alpha value is -0.0900. The van der Waals surface area contributed by atoms with Gasteiger partial charge in [-0.05, 0) is 31.6 Å². The first-order valence-electron chi connectivity index (χ1n) is 7.89. The normalized spacial score (nSPS) is 26.3. The van der Waals surface area contributed by atoms with Gasteiger partial charge in [-0.25, -0.2) is 8.42 Å². The van der Waals surface area contributed by atoms with Crippen LogP contribution in [0.1, 0.15) is 71.1 Å². The molecule has 0 heterocycles. The van der Waals surface area contributed by atoms with Gasteiger partial charge in [-0.2, -0.15) is 0 Å². The molecule has 3 unspecified atom stereocenters. The summed E-state index contributed by atoms with van der Waals surface area (Å²) in [5.74, 6) is 0.416. The van der Waals surface area contributed by atoms with Gasteiger partial charge in [0.1, 0.15) is 9.84 Å². The van der Waals surface area contributed by atoms with E-state index in [4.69, 9.17) is 5.73 Å². The molecule has 4 heteroatoms. The lowest BCUT2D eigenvalue weighted by Gasteiger charge is -2.32. The van der Waals surface area contributed by atoms with E-state index >= 15 is 0 Å². The molecule has 1 aliphatic rings. The maximum Gasteiger partial charge on any atom is 0.150 e. The molecule has 0 radical (unpaired) electrons. The number of hydrogen-bond acceptors (Lipinski definition) is 3. The molecular weight excluding hydrogens is 258 g/mol. The molecule has 19 heavy (non-hydrogen) atoms. The Balaban J connectivity index is 2.30. The van der Waals surface area contributed by atoms with Gasteiger partial charge in [0.15, 0.2) is 0 Å². The highest BCUT2D eigenvalue weighted by Crippen LogP contribution is 2.31. The van der Waals surface area contributed by atoms with Crippen molar-refractivity contribution < 1.29 is 8.42 Å². The van der Waals surface area contributed by atoms with Crippen molar-refractivity contribution in [1.29, 1.82) is 0 Å².